The molecule has 0 bridgehead atoms. The molecule has 0 aromatic heterocycles. The first-order valence-corrected chi connectivity index (χ1v) is 24.7. The number of hydrogen-bond acceptors (Lipinski definition) is 12. The molecule has 0 aliphatic heterocycles. The molecule has 4 aromatic rings. The van der Waals surface area contributed by atoms with Crippen molar-refractivity contribution in [2.45, 2.75) is 81.1 Å². The van der Waals surface area contributed by atoms with Gasteiger partial charge in [-0.15, -0.1) is 0 Å². The summed E-state index contributed by atoms with van der Waals surface area (Å²) in [5, 5.41) is 45.0. The fourth-order valence-electron chi connectivity index (χ4n) is 7.18. The lowest BCUT2D eigenvalue weighted by atomic mass is 10.0. The van der Waals surface area contributed by atoms with Crippen molar-refractivity contribution in [1.82, 2.24) is 0 Å². The number of aliphatic carboxylic acids is 4. The molecule has 16 heteroatoms. The van der Waals surface area contributed by atoms with E-state index in [9.17, 15) is 24.3 Å². The first-order chi connectivity index (χ1) is 37.4. The SMILES string of the molecule is COc1ccc(/C=C/C(=O)O)c(O)c1CC=C(C)C.COc1ccc(/C=C/C(=O)O)c(OC)c1CC=C(C)C.COc1ccc(/C=C/C(=O)O)c(OC)c1CC=C(C)C.COc1ccc(/C=C\C(=O)O)c(OC)c1CC=C(C)C. The molecule has 0 saturated carbocycles. The molecule has 0 heterocycles. The van der Waals surface area contributed by atoms with Crippen LogP contribution in [0.5, 0.6) is 46.0 Å². The second-order valence-electron chi connectivity index (χ2n) is 17.9. The fraction of sp³-hybridized carbons (Fsp3) is 0.302. The van der Waals surface area contributed by atoms with Crippen LogP contribution in [0.25, 0.3) is 24.3 Å². The highest BCUT2D eigenvalue weighted by molar-refractivity contribution is 5.88. The summed E-state index contributed by atoms with van der Waals surface area (Å²) in [6.07, 6.45) is 20.9. The Kier molecular flexibility index (Phi) is 31.2. The Morgan fingerprint density at radius 3 is 0.772 bits per heavy atom. The monoisotopic (exact) mass is 1090 g/mol. The van der Waals surface area contributed by atoms with E-state index in [1.165, 1.54) is 48.1 Å². The molecule has 4 rings (SSSR count). The topological polar surface area (TPSA) is 234 Å². The quantitative estimate of drug-likeness (QED) is 0.0343. The average Bonchev–Trinajstić information content (AvgIpc) is 3.40. The van der Waals surface area contributed by atoms with E-state index in [2.05, 4.69) is 18.2 Å². The number of phenols is 1. The lowest BCUT2D eigenvalue weighted by Gasteiger charge is -2.14. The molecule has 0 atom stereocenters. The number of methoxy groups -OCH3 is 7. The number of allylic oxidation sites excluding steroid dienone is 8. The molecule has 0 spiro atoms. The Morgan fingerprint density at radius 1 is 0.342 bits per heavy atom. The summed E-state index contributed by atoms with van der Waals surface area (Å²) in [6, 6.07) is 14.1. The summed E-state index contributed by atoms with van der Waals surface area (Å²) >= 11 is 0. The fourth-order valence-corrected chi connectivity index (χ4v) is 7.18. The van der Waals surface area contributed by atoms with Gasteiger partial charge in [0.1, 0.15) is 46.0 Å². The van der Waals surface area contributed by atoms with Gasteiger partial charge in [-0.3, -0.25) is 0 Å². The second-order valence-corrected chi connectivity index (χ2v) is 17.9. The van der Waals surface area contributed by atoms with Crippen LogP contribution >= 0.6 is 0 Å². The van der Waals surface area contributed by atoms with Crippen molar-refractivity contribution in [2.75, 3.05) is 49.8 Å². The summed E-state index contributed by atoms with van der Waals surface area (Å²) in [5.41, 5.74) is 10.7. The van der Waals surface area contributed by atoms with E-state index in [0.29, 0.717) is 76.5 Å². The Bertz CT molecular complexity index is 2690. The smallest absolute Gasteiger partial charge is 0.328 e. The van der Waals surface area contributed by atoms with E-state index in [1.54, 1.807) is 73.0 Å². The summed E-state index contributed by atoms with van der Waals surface area (Å²) in [4.78, 5) is 42.4. The van der Waals surface area contributed by atoms with Crippen molar-refractivity contribution in [3.8, 4) is 46.0 Å². The molecule has 4 aromatic carbocycles. The van der Waals surface area contributed by atoms with E-state index >= 15 is 0 Å². The van der Waals surface area contributed by atoms with Gasteiger partial charge >= 0.3 is 23.9 Å². The third-order valence-electron chi connectivity index (χ3n) is 11.0. The molecule has 0 aliphatic rings. The molecule has 426 valence electrons. The van der Waals surface area contributed by atoms with E-state index in [0.717, 1.165) is 63.8 Å². The highest BCUT2D eigenvalue weighted by Gasteiger charge is 2.16. The summed E-state index contributed by atoms with van der Waals surface area (Å²) in [5.74, 6) is 0.706. The van der Waals surface area contributed by atoms with Crippen LogP contribution in [0.2, 0.25) is 0 Å². The Balaban J connectivity index is 0.000000527. The van der Waals surface area contributed by atoms with E-state index in [-0.39, 0.29) is 5.75 Å². The van der Waals surface area contributed by atoms with Gasteiger partial charge in [0, 0.05) is 68.8 Å². The highest BCUT2D eigenvalue weighted by Crippen LogP contribution is 2.37. The zero-order valence-corrected chi connectivity index (χ0v) is 48.1. The van der Waals surface area contributed by atoms with Crippen LogP contribution < -0.4 is 33.2 Å². The van der Waals surface area contributed by atoms with Gasteiger partial charge in [0.2, 0.25) is 0 Å². The number of carboxylic acid groups (broad SMARTS) is 4. The van der Waals surface area contributed by atoms with Crippen molar-refractivity contribution in [3.63, 3.8) is 0 Å². The normalized spacial score (nSPS) is 10.4. The molecule has 0 unspecified atom stereocenters. The third kappa shape index (κ3) is 24.3. The molecule has 0 saturated heterocycles. The predicted octanol–water partition coefficient (Wildman–Crippen LogP) is 12.9. The lowest BCUT2D eigenvalue weighted by Crippen LogP contribution is -1.99. The number of carboxylic acids is 4. The van der Waals surface area contributed by atoms with Crippen molar-refractivity contribution in [2.24, 2.45) is 0 Å². The first-order valence-electron chi connectivity index (χ1n) is 24.7. The summed E-state index contributed by atoms with van der Waals surface area (Å²) < 4.78 is 37.6. The summed E-state index contributed by atoms with van der Waals surface area (Å²) in [6.45, 7) is 16.1. The molecular weight excluding hydrogens is 1010 g/mol. The van der Waals surface area contributed by atoms with Gasteiger partial charge in [-0.2, -0.15) is 0 Å². The van der Waals surface area contributed by atoms with Gasteiger partial charge in [-0.25, -0.2) is 19.2 Å². The number of benzene rings is 4. The largest absolute Gasteiger partial charge is 0.507 e. The number of hydrogen-bond donors (Lipinski definition) is 5. The first kappa shape index (κ1) is 68.1. The zero-order chi connectivity index (χ0) is 59.8. The predicted molar refractivity (Wildman–Crippen MR) is 313 cm³/mol. The van der Waals surface area contributed by atoms with Crippen LogP contribution in [0.15, 0.2) is 119 Å². The molecule has 16 nitrogen and oxygen atoms in total. The number of aromatic hydroxyl groups is 1. The van der Waals surface area contributed by atoms with Crippen LogP contribution in [0.4, 0.5) is 0 Å². The van der Waals surface area contributed by atoms with Gasteiger partial charge in [0.25, 0.3) is 0 Å². The van der Waals surface area contributed by atoms with Gasteiger partial charge < -0.3 is 58.7 Å². The van der Waals surface area contributed by atoms with Crippen LogP contribution in [0.3, 0.4) is 0 Å². The maximum absolute atomic E-state index is 10.6. The Labute approximate surface area is 465 Å². The number of phenolic OH excluding ortho intramolecular Hbond substituents is 1. The van der Waals surface area contributed by atoms with E-state index in [1.807, 2.05) is 79.7 Å². The van der Waals surface area contributed by atoms with Crippen LogP contribution in [-0.2, 0) is 44.9 Å². The van der Waals surface area contributed by atoms with Crippen LogP contribution in [0.1, 0.15) is 99.9 Å². The van der Waals surface area contributed by atoms with Crippen molar-refractivity contribution < 1.29 is 77.9 Å². The maximum atomic E-state index is 10.6. The summed E-state index contributed by atoms with van der Waals surface area (Å²) in [7, 11) is 11.1. The van der Waals surface area contributed by atoms with Crippen LogP contribution in [-0.4, -0.2) is 99.2 Å². The third-order valence-corrected chi connectivity index (χ3v) is 11.0. The molecule has 79 heavy (non-hydrogen) atoms. The molecule has 0 fully saturated rings. The molecule has 0 radical (unpaired) electrons. The van der Waals surface area contributed by atoms with Gasteiger partial charge in [0.15, 0.2) is 0 Å². The highest BCUT2D eigenvalue weighted by atomic mass is 16.5. The Hall–Kier alpha value is -8.92. The average molecular weight is 1090 g/mol. The molecular formula is C63H78O16. The molecule has 5 N–H and O–H groups in total. The molecule has 0 aliphatic carbocycles. The minimum atomic E-state index is -1.05. The van der Waals surface area contributed by atoms with Crippen LogP contribution in [0, 0.1) is 0 Å². The van der Waals surface area contributed by atoms with Gasteiger partial charge in [-0.05, 0) is 154 Å². The standard InChI is InChI=1S/3C16H20O4.C15H18O4/c3*1-11(2)5-8-13-14(19-3)9-6-12(16(13)20-4)7-10-15(17)18;1-10(2)4-7-12-13(19-3)8-5-11(15(12)18)6-9-14(16)17/h3*5-7,9-10H,8H2,1-4H3,(H,17,18);4-6,8-9,18H,7H2,1-3H3,(H,16,17)/b2*10-7+;10-7-;9-6+. The lowest BCUT2D eigenvalue weighted by molar-refractivity contribution is -0.132. The van der Waals surface area contributed by atoms with Crippen molar-refractivity contribution in [3.05, 3.63) is 164 Å². The molecule has 0 amide bonds. The number of ether oxygens (including phenoxy) is 7. The van der Waals surface area contributed by atoms with E-state index < -0.39 is 23.9 Å². The minimum absolute atomic E-state index is 0.0503. The van der Waals surface area contributed by atoms with Crippen molar-refractivity contribution >= 4 is 48.2 Å². The zero-order valence-electron chi connectivity index (χ0n) is 48.1. The Morgan fingerprint density at radius 2 is 0.557 bits per heavy atom. The van der Waals surface area contributed by atoms with E-state index in [4.69, 9.17) is 53.6 Å². The number of rotatable bonds is 23. The minimum Gasteiger partial charge on any atom is -0.507 e. The van der Waals surface area contributed by atoms with Gasteiger partial charge in [0.05, 0.1) is 49.8 Å². The second kappa shape index (κ2) is 36.2. The number of carbonyl (C=O) groups is 4. The van der Waals surface area contributed by atoms with Gasteiger partial charge in [-0.1, -0.05) is 46.6 Å². The van der Waals surface area contributed by atoms with Crippen molar-refractivity contribution in [1.29, 1.82) is 0 Å². The maximum Gasteiger partial charge on any atom is 0.328 e.